The predicted molar refractivity (Wildman–Crippen MR) is 234 cm³/mol. The number of ether oxygens (including phenoxy) is 5. The topological polar surface area (TPSA) is 200 Å². The molecule has 7 aromatic rings. The SMILES string of the molecule is COc1cc(N=C(C#N)C#N)sc1-c1cc2c(s1)-c1sc3cc(-c4sc(N=C(C#N)C#N)cc4OC)sc3c1OC2(C(=O)OCc1ccccc1)C(=O)OCc1ccccc1. The summed E-state index contributed by atoms with van der Waals surface area (Å²) in [6.07, 6.45) is 0. The van der Waals surface area contributed by atoms with Crippen LogP contribution >= 0.6 is 56.7 Å². The molecule has 13 nitrogen and oxygen atoms in total. The minimum Gasteiger partial charge on any atom is -0.495 e. The van der Waals surface area contributed by atoms with Gasteiger partial charge in [0.15, 0.2) is 5.75 Å². The Morgan fingerprint density at radius 2 is 1.11 bits per heavy atom. The molecule has 2 aromatic carbocycles. The van der Waals surface area contributed by atoms with Gasteiger partial charge in [-0.05, 0) is 23.3 Å². The zero-order chi connectivity index (χ0) is 42.7. The maximum atomic E-state index is 14.9. The molecule has 0 N–H and O–H groups in total. The van der Waals surface area contributed by atoms with Crippen LogP contribution < -0.4 is 14.2 Å². The van der Waals surface area contributed by atoms with Crippen molar-refractivity contribution in [3.63, 3.8) is 0 Å². The van der Waals surface area contributed by atoms with Gasteiger partial charge in [0.1, 0.15) is 59.0 Å². The van der Waals surface area contributed by atoms with Gasteiger partial charge in [-0.25, -0.2) is 19.6 Å². The average molecular weight is 897 g/mol. The van der Waals surface area contributed by atoms with Crippen molar-refractivity contribution < 1.29 is 33.3 Å². The minimum atomic E-state index is -2.45. The molecule has 1 aliphatic heterocycles. The molecule has 8 rings (SSSR count). The van der Waals surface area contributed by atoms with E-state index in [1.54, 1.807) is 66.7 Å². The standard InChI is InChI=1S/C43H24N6O7S5/c1-52-28-14-33(48-25(17-44)18-45)60-37(28)30-13-27-36(57-30)40-35(39-32(59-40)16-31(58-39)38-29(53-2)15-34(61-38)49-26(19-46)20-47)56-43(27,41(50)54-21-23-9-5-3-6-10-23)42(51)55-22-24-11-7-4-8-12-24/h3-16H,21-22H2,1-2H3. The smallest absolute Gasteiger partial charge is 0.367 e. The molecule has 0 atom stereocenters. The molecule has 61 heavy (non-hydrogen) atoms. The molecule has 18 heteroatoms. The lowest BCUT2D eigenvalue weighted by Gasteiger charge is -2.33. The molecule has 298 valence electrons. The second-order valence-corrected chi connectivity index (χ2v) is 17.9. The Bertz CT molecular complexity index is 3010. The van der Waals surface area contributed by atoms with Crippen molar-refractivity contribution in [3.05, 3.63) is 102 Å². The van der Waals surface area contributed by atoms with Crippen LogP contribution in [-0.2, 0) is 37.9 Å². The Labute approximate surface area is 367 Å². The fourth-order valence-electron chi connectivity index (χ4n) is 6.25. The highest BCUT2D eigenvalue weighted by atomic mass is 32.1. The molecule has 0 saturated heterocycles. The van der Waals surface area contributed by atoms with Gasteiger partial charge in [-0.15, -0.1) is 56.7 Å². The van der Waals surface area contributed by atoms with Crippen molar-refractivity contribution in [2.45, 2.75) is 18.8 Å². The number of carbonyl (C=O) groups excluding carboxylic acids is 2. The second kappa shape index (κ2) is 17.2. The first-order valence-electron chi connectivity index (χ1n) is 17.7. The van der Waals surface area contributed by atoms with E-state index in [9.17, 15) is 30.6 Å². The van der Waals surface area contributed by atoms with E-state index in [0.29, 0.717) is 61.7 Å². The first kappa shape index (κ1) is 40.6. The van der Waals surface area contributed by atoms with E-state index < -0.39 is 17.5 Å². The van der Waals surface area contributed by atoms with Crippen molar-refractivity contribution >= 4 is 99.4 Å². The number of thiophene rings is 5. The van der Waals surface area contributed by atoms with Gasteiger partial charge in [-0.2, -0.15) is 21.0 Å². The normalized spacial score (nSPS) is 11.9. The number of benzene rings is 2. The summed E-state index contributed by atoms with van der Waals surface area (Å²) in [6, 6.07) is 32.0. The van der Waals surface area contributed by atoms with Crippen LogP contribution in [0.25, 0.3) is 38.7 Å². The zero-order valence-electron chi connectivity index (χ0n) is 31.6. The second-order valence-electron chi connectivity index (χ2n) is 12.7. The summed E-state index contributed by atoms with van der Waals surface area (Å²) < 4.78 is 31.6. The van der Waals surface area contributed by atoms with Gasteiger partial charge < -0.3 is 23.7 Å². The van der Waals surface area contributed by atoms with Gasteiger partial charge in [-0.1, -0.05) is 60.7 Å². The summed E-state index contributed by atoms with van der Waals surface area (Å²) in [4.78, 5) is 41.9. The number of methoxy groups -OCH3 is 2. The fourth-order valence-corrected chi connectivity index (χ4v) is 12.3. The van der Waals surface area contributed by atoms with Crippen LogP contribution in [0.4, 0.5) is 10.0 Å². The quantitative estimate of drug-likeness (QED) is 0.0642. The molecule has 0 aliphatic carbocycles. The number of fused-ring (bicyclic) bond motifs is 5. The van der Waals surface area contributed by atoms with E-state index in [4.69, 9.17) is 23.7 Å². The third-order valence-electron chi connectivity index (χ3n) is 9.02. The van der Waals surface area contributed by atoms with Crippen molar-refractivity contribution in [1.29, 1.82) is 21.0 Å². The molecule has 0 amide bonds. The molecular formula is C43H24N6O7S5. The first-order chi connectivity index (χ1) is 29.7. The van der Waals surface area contributed by atoms with Crippen molar-refractivity contribution in [3.8, 4) is 70.8 Å². The number of nitriles is 4. The maximum Gasteiger partial charge on any atom is 0.367 e. The minimum absolute atomic E-state index is 0.166. The zero-order valence-corrected chi connectivity index (χ0v) is 35.7. The van der Waals surface area contributed by atoms with E-state index >= 15 is 0 Å². The van der Waals surface area contributed by atoms with Crippen molar-refractivity contribution in [1.82, 2.24) is 0 Å². The van der Waals surface area contributed by atoms with Gasteiger partial charge in [0.25, 0.3) is 0 Å². The van der Waals surface area contributed by atoms with E-state index in [0.717, 1.165) is 20.9 Å². The first-order valence-corrected chi connectivity index (χ1v) is 21.8. The van der Waals surface area contributed by atoms with Gasteiger partial charge in [0.05, 0.1) is 48.0 Å². The molecule has 0 radical (unpaired) electrons. The summed E-state index contributed by atoms with van der Waals surface area (Å²) in [7, 11) is 2.98. The fraction of sp³-hybridized carbons (Fsp3) is 0.116. The maximum absolute atomic E-state index is 14.9. The van der Waals surface area contributed by atoms with Gasteiger partial charge in [0.2, 0.25) is 11.4 Å². The van der Waals surface area contributed by atoms with Gasteiger partial charge >= 0.3 is 17.5 Å². The molecule has 0 saturated carbocycles. The molecule has 0 fully saturated rings. The lowest BCUT2D eigenvalue weighted by atomic mass is 9.90. The Morgan fingerprint density at radius 3 is 1.59 bits per heavy atom. The number of nitrogens with zero attached hydrogens (tertiary/aromatic N) is 6. The summed E-state index contributed by atoms with van der Waals surface area (Å²) in [5, 5.41) is 38.1. The lowest BCUT2D eigenvalue weighted by molar-refractivity contribution is -0.183. The van der Waals surface area contributed by atoms with Crippen LogP contribution in [0.2, 0.25) is 0 Å². The summed E-state index contributed by atoms with van der Waals surface area (Å²) in [6.45, 7) is -0.332. The Kier molecular flexibility index (Phi) is 11.5. The molecule has 5 aromatic heterocycles. The van der Waals surface area contributed by atoms with Crippen LogP contribution in [0, 0.1) is 45.3 Å². The van der Waals surface area contributed by atoms with E-state index in [1.165, 1.54) is 59.6 Å². The van der Waals surface area contributed by atoms with E-state index in [1.807, 2.05) is 42.5 Å². The highest BCUT2D eigenvalue weighted by Crippen LogP contribution is 2.61. The van der Waals surface area contributed by atoms with E-state index in [2.05, 4.69) is 9.98 Å². The Balaban J connectivity index is 1.32. The average Bonchev–Trinajstić information content (AvgIpc) is 4.14. The monoisotopic (exact) mass is 896 g/mol. The Hall–Kier alpha value is -7.16. The number of hydrogen-bond donors (Lipinski definition) is 0. The molecule has 0 spiro atoms. The molecule has 0 bridgehead atoms. The van der Waals surface area contributed by atoms with Crippen molar-refractivity contribution in [2.24, 2.45) is 9.98 Å². The summed E-state index contributed by atoms with van der Waals surface area (Å²) >= 11 is 6.43. The largest absolute Gasteiger partial charge is 0.495 e. The molecular weight excluding hydrogens is 873 g/mol. The molecule has 0 unspecified atom stereocenters. The number of aliphatic imine (C=N–C) groups is 2. The van der Waals surface area contributed by atoms with Crippen LogP contribution in [0.5, 0.6) is 17.2 Å². The Morgan fingerprint density at radius 1 is 0.623 bits per heavy atom. The predicted octanol–water partition coefficient (Wildman–Crippen LogP) is 10.5. The number of hydrogen-bond acceptors (Lipinski definition) is 18. The van der Waals surface area contributed by atoms with Crippen molar-refractivity contribution in [2.75, 3.05) is 14.2 Å². The highest BCUT2D eigenvalue weighted by molar-refractivity contribution is 7.35. The van der Waals surface area contributed by atoms with Gasteiger partial charge in [0, 0.05) is 22.6 Å². The van der Waals surface area contributed by atoms with Crippen LogP contribution in [-0.4, -0.2) is 37.6 Å². The van der Waals surface area contributed by atoms with Crippen LogP contribution in [0.15, 0.2) is 94.9 Å². The third kappa shape index (κ3) is 7.62. The molecule has 6 heterocycles. The lowest BCUT2D eigenvalue weighted by Crippen LogP contribution is -2.52. The summed E-state index contributed by atoms with van der Waals surface area (Å²) in [5.41, 5.74) is -1.52. The molecule has 1 aliphatic rings. The van der Waals surface area contributed by atoms with Crippen LogP contribution in [0.3, 0.4) is 0 Å². The highest BCUT2D eigenvalue weighted by Gasteiger charge is 2.59. The van der Waals surface area contributed by atoms with E-state index in [-0.39, 0.29) is 36.0 Å². The van der Waals surface area contributed by atoms with Gasteiger partial charge in [-0.3, -0.25) is 0 Å². The number of esters is 2. The van der Waals surface area contributed by atoms with Crippen LogP contribution in [0.1, 0.15) is 16.7 Å². The third-order valence-corrected chi connectivity index (χ3v) is 15.1. The summed E-state index contributed by atoms with van der Waals surface area (Å²) in [5.74, 6) is -0.852. The number of carbonyl (C=O) groups is 2. The number of rotatable bonds is 12.